The van der Waals surface area contributed by atoms with Crippen LogP contribution in [0.1, 0.15) is 0 Å². The molecule has 0 spiro atoms. The molecule has 0 saturated heterocycles. The van der Waals surface area contributed by atoms with Gasteiger partial charge in [0, 0.05) is 11.9 Å². The van der Waals surface area contributed by atoms with Gasteiger partial charge < -0.3 is 4.43 Å². The third-order valence-electron chi connectivity index (χ3n) is 0.281. The second-order valence-corrected chi connectivity index (χ2v) is 2.05. The monoisotopic (exact) mass is 154 g/mol. The van der Waals surface area contributed by atoms with Crippen LogP contribution in [0.15, 0.2) is 0 Å². The molecule has 0 aromatic carbocycles. The molecule has 0 fully saturated rings. The van der Waals surface area contributed by atoms with E-state index < -0.39 is 0 Å². The average molecular weight is 155 g/mol. The van der Waals surface area contributed by atoms with Gasteiger partial charge in [-0.2, -0.15) is 0 Å². The first-order valence-corrected chi connectivity index (χ1v) is 3.40. The van der Waals surface area contributed by atoms with Crippen LogP contribution in [0.2, 0.25) is 0 Å². The summed E-state index contributed by atoms with van der Waals surface area (Å²) in [6.45, 7) is 0.867. The van der Waals surface area contributed by atoms with E-state index in [-0.39, 0.29) is 0 Å². The fraction of sp³-hybridized carbons (Fsp3) is 1.00. The van der Waals surface area contributed by atoms with Gasteiger partial charge in [0.15, 0.2) is 0 Å². The quantitative estimate of drug-likeness (QED) is 0.392. The van der Waals surface area contributed by atoms with Crippen molar-refractivity contribution in [2.45, 2.75) is 0 Å². The van der Waals surface area contributed by atoms with Crippen molar-refractivity contribution in [3.63, 3.8) is 0 Å². The first-order valence-electron chi connectivity index (χ1n) is 1.46. The molecule has 32 valence electrons. The lowest BCUT2D eigenvalue weighted by Gasteiger charge is -1.84. The maximum atomic E-state index is 4.78. The van der Waals surface area contributed by atoms with E-state index in [0.717, 1.165) is 22.4 Å². The molecule has 1 nitrogen and oxygen atoms in total. The molecule has 0 aliphatic rings. The normalized spacial score (nSPS) is 9.00. The van der Waals surface area contributed by atoms with Crippen molar-refractivity contribution in [2.24, 2.45) is 0 Å². The van der Waals surface area contributed by atoms with Crippen molar-refractivity contribution in [2.75, 3.05) is 11.9 Å². The molecule has 0 rings (SSSR count). The summed E-state index contributed by atoms with van der Waals surface area (Å²) in [7, 11) is 0.869. The van der Waals surface area contributed by atoms with Gasteiger partial charge in [0.2, 0.25) is 0 Å². The van der Waals surface area contributed by atoms with Gasteiger partial charge in [0.1, 0.15) is 10.5 Å². The predicted molar refractivity (Wildman–Crippen MR) is 29.7 cm³/mol. The molecular formula is C2H7BrOSi. The minimum atomic E-state index is 0.867. The topological polar surface area (TPSA) is 9.23 Å². The standard InChI is InChI=1S/C2H7BrOSi/c3-1-2-4-5/h1-2H2,5H3. The Morgan fingerprint density at radius 2 is 2.40 bits per heavy atom. The van der Waals surface area contributed by atoms with Gasteiger partial charge in [-0.05, 0) is 0 Å². The van der Waals surface area contributed by atoms with E-state index in [9.17, 15) is 0 Å². The highest BCUT2D eigenvalue weighted by atomic mass is 79.9. The van der Waals surface area contributed by atoms with Gasteiger partial charge in [-0.1, -0.05) is 15.9 Å². The van der Waals surface area contributed by atoms with E-state index in [2.05, 4.69) is 15.9 Å². The zero-order valence-electron chi connectivity index (χ0n) is 3.20. The molecule has 0 N–H and O–H groups in total. The van der Waals surface area contributed by atoms with E-state index in [4.69, 9.17) is 4.43 Å². The van der Waals surface area contributed by atoms with Crippen LogP contribution >= 0.6 is 15.9 Å². The Hall–Kier alpha value is 0.657. The summed E-state index contributed by atoms with van der Waals surface area (Å²) in [6.07, 6.45) is 0. The summed E-state index contributed by atoms with van der Waals surface area (Å²) in [5.41, 5.74) is 0. The van der Waals surface area contributed by atoms with E-state index in [1.807, 2.05) is 0 Å². The van der Waals surface area contributed by atoms with Gasteiger partial charge in [0.05, 0.1) is 0 Å². The minimum Gasteiger partial charge on any atom is -0.427 e. The Morgan fingerprint density at radius 1 is 1.80 bits per heavy atom. The lowest BCUT2D eigenvalue weighted by molar-refractivity contribution is 0.381. The highest BCUT2D eigenvalue weighted by Gasteiger charge is 1.67. The first kappa shape index (κ1) is 5.66. The fourth-order valence-corrected chi connectivity index (χ4v) is 1.20. The Balaban J connectivity index is 2.19. The van der Waals surface area contributed by atoms with Gasteiger partial charge in [-0.25, -0.2) is 0 Å². The first-order chi connectivity index (χ1) is 2.41. The molecule has 0 bridgehead atoms. The average Bonchev–Trinajstić information content (AvgIpc) is 1.41. The maximum absolute atomic E-state index is 4.78. The molecule has 0 saturated carbocycles. The van der Waals surface area contributed by atoms with E-state index in [1.165, 1.54) is 0 Å². The summed E-state index contributed by atoms with van der Waals surface area (Å²) in [5.74, 6) is 0. The van der Waals surface area contributed by atoms with Crippen molar-refractivity contribution in [1.29, 1.82) is 0 Å². The summed E-state index contributed by atoms with van der Waals surface area (Å²) in [4.78, 5) is 0. The summed E-state index contributed by atoms with van der Waals surface area (Å²) in [5, 5.41) is 0.969. The van der Waals surface area contributed by atoms with Crippen LogP contribution in [0.5, 0.6) is 0 Å². The molecular weight excluding hydrogens is 148 g/mol. The number of rotatable bonds is 2. The van der Waals surface area contributed by atoms with E-state index in [1.54, 1.807) is 0 Å². The molecule has 0 radical (unpaired) electrons. The molecule has 0 atom stereocenters. The summed E-state index contributed by atoms with van der Waals surface area (Å²) in [6, 6.07) is 0. The van der Waals surface area contributed by atoms with Crippen molar-refractivity contribution in [3.8, 4) is 0 Å². The van der Waals surface area contributed by atoms with E-state index in [0.29, 0.717) is 0 Å². The van der Waals surface area contributed by atoms with Crippen LogP contribution in [-0.4, -0.2) is 22.4 Å². The Kier molecular flexibility index (Phi) is 5.27. The smallest absolute Gasteiger partial charge is 0.146 e. The molecule has 0 amide bonds. The second-order valence-electron chi connectivity index (χ2n) is 0.682. The van der Waals surface area contributed by atoms with E-state index >= 15 is 0 Å². The SMILES string of the molecule is [SiH3]OCCBr. The molecule has 0 aromatic rings. The zero-order valence-corrected chi connectivity index (χ0v) is 6.79. The summed E-state index contributed by atoms with van der Waals surface area (Å²) < 4.78 is 4.78. The predicted octanol–water partition coefficient (Wildman–Crippen LogP) is -0.322. The number of hydrogen-bond acceptors (Lipinski definition) is 1. The van der Waals surface area contributed by atoms with Crippen molar-refractivity contribution < 1.29 is 4.43 Å². The Labute approximate surface area is 43.4 Å². The minimum absolute atomic E-state index is 0.867. The molecule has 0 heterocycles. The second kappa shape index (κ2) is 4.66. The Bertz CT molecular complexity index is 17.1. The molecule has 3 heteroatoms. The van der Waals surface area contributed by atoms with Gasteiger partial charge in [0.25, 0.3) is 0 Å². The molecule has 0 aliphatic heterocycles. The highest BCUT2D eigenvalue weighted by molar-refractivity contribution is 9.09. The third-order valence-corrected chi connectivity index (χ3v) is 1.01. The van der Waals surface area contributed by atoms with Crippen LogP contribution < -0.4 is 0 Å². The van der Waals surface area contributed by atoms with Crippen LogP contribution in [0.25, 0.3) is 0 Å². The lowest BCUT2D eigenvalue weighted by Crippen LogP contribution is -1.87. The van der Waals surface area contributed by atoms with Crippen molar-refractivity contribution in [3.05, 3.63) is 0 Å². The molecule has 0 aromatic heterocycles. The van der Waals surface area contributed by atoms with Crippen molar-refractivity contribution >= 4 is 26.4 Å². The lowest BCUT2D eigenvalue weighted by atomic mass is 10.9. The maximum Gasteiger partial charge on any atom is 0.146 e. The number of hydrogen-bond donors (Lipinski definition) is 0. The molecule has 0 unspecified atom stereocenters. The van der Waals surface area contributed by atoms with Crippen LogP contribution in [0.3, 0.4) is 0 Å². The number of halogens is 1. The zero-order chi connectivity index (χ0) is 4.12. The van der Waals surface area contributed by atoms with Gasteiger partial charge in [-0.3, -0.25) is 0 Å². The van der Waals surface area contributed by atoms with Gasteiger partial charge >= 0.3 is 0 Å². The van der Waals surface area contributed by atoms with Crippen molar-refractivity contribution in [1.82, 2.24) is 0 Å². The highest BCUT2D eigenvalue weighted by Crippen LogP contribution is 1.75. The van der Waals surface area contributed by atoms with Crippen LogP contribution in [-0.2, 0) is 4.43 Å². The molecule has 5 heavy (non-hydrogen) atoms. The van der Waals surface area contributed by atoms with Crippen LogP contribution in [0.4, 0.5) is 0 Å². The summed E-state index contributed by atoms with van der Waals surface area (Å²) >= 11 is 3.21. The number of alkyl halides is 1. The fourth-order valence-electron chi connectivity index (χ4n) is 0.0772. The third kappa shape index (κ3) is 4.66. The van der Waals surface area contributed by atoms with Gasteiger partial charge in [-0.15, -0.1) is 0 Å². The van der Waals surface area contributed by atoms with Crippen LogP contribution in [0, 0.1) is 0 Å². The Morgan fingerprint density at radius 3 is 2.40 bits per heavy atom. The molecule has 0 aliphatic carbocycles. The largest absolute Gasteiger partial charge is 0.427 e.